The van der Waals surface area contributed by atoms with E-state index in [0.29, 0.717) is 0 Å². The SMILES string of the molecule is CSCCCCCNCc1cnn(C)c1. The number of hydrogen-bond donors (Lipinski definition) is 1. The molecule has 0 aliphatic carbocycles. The van der Waals surface area contributed by atoms with E-state index < -0.39 is 0 Å². The first-order valence-corrected chi connectivity index (χ1v) is 6.89. The first kappa shape index (κ1) is 12.6. The Morgan fingerprint density at radius 2 is 2.27 bits per heavy atom. The number of rotatable bonds is 8. The molecule has 3 nitrogen and oxygen atoms in total. The van der Waals surface area contributed by atoms with Crippen molar-refractivity contribution in [1.29, 1.82) is 0 Å². The van der Waals surface area contributed by atoms with Gasteiger partial charge in [0, 0.05) is 25.4 Å². The molecular formula is C11H21N3S. The van der Waals surface area contributed by atoms with Gasteiger partial charge >= 0.3 is 0 Å². The number of nitrogens with one attached hydrogen (secondary N) is 1. The van der Waals surface area contributed by atoms with Crippen LogP contribution in [0.25, 0.3) is 0 Å². The molecule has 0 spiro atoms. The summed E-state index contributed by atoms with van der Waals surface area (Å²) in [4.78, 5) is 0. The molecule has 0 bridgehead atoms. The van der Waals surface area contributed by atoms with E-state index in [4.69, 9.17) is 0 Å². The van der Waals surface area contributed by atoms with Crippen LogP contribution in [0, 0.1) is 0 Å². The molecule has 0 saturated heterocycles. The van der Waals surface area contributed by atoms with Gasteiger partial charge in [-0.05, 0) is 31.4 Å². The molecule has 0 unspecified atom stereocenters. The van der Waals surface area contributed by atoms with E-state index in [1.54, 1.807) is 0 Å². The molecule has 15 heavy (non-hydrogen) atoms. The predicted octanol–water partition coefficient (Wildman–Crippen LogP) is 2.04. The molecule has 0 radical (unpaired) electrons. The zero-order chi connectivity index (χ0) is 10.9. The van der Waals surface area contributed by atoms with E-state index in [9.17, 15) is 0 Å². The van der Waals surface area contributed by atoms with Gasteiger partial charge in [0.15, 0.2) is 0 Å². The Morgan fingerprint density at radius 3 is 2.93 bits per heavy atom. The van der Waals surface area contributed by atoms with E-state index in [-0.39, 0.29) is 0 Å². The summed E-state index contributed by atoms with van der Waals surface area (Å²) in [5.41, 5.74) is 1.27. The Balaban J connectivity index is 1.93. The van der Waals surface area contributed by atoms with Gasteiger partial charge in [0.1, 0.15) is 0 Å². The van der Waals surface area contributed by atoms with Crippen LogP contribution in [0.15, 0.2) is 12.4 Å². The Labute approximate surface area is 96.6 Å². The lowest BCUT2D eigenvalue weighted by Gasteiger charge is -2.02. The summed E-state index contributed by atoms with van der Waals surface area (Å²) < 4.78 is 1.84. The number of unbranched alkanes of at least 4 members (excludes halogenated alkanes) is 2. The van der Waals surface area contributed by atoms with Crippen molar-refractivity contribution in [3.63, 3.8) is 0 Å². The van der Waals surface area contributed by atoms with Gasteiger partial charge in [0.05, 0.1) is 6.20 Å². The van der Waals surface area contributed by atoms with Crippen molar-refractivity contribution in [1.82, 2.24) is 15.1 Å². The normalized spacial score (nSPS) is 10.8. The fourth-order valence-corrected chi connectivity index (χ4v) is 1.96. The van der Waals surface area contributed by atoms with Crippen LogP contribution in [-0.4, -0.2) is 28.3 Å². The molecule has 0 aliphatic rings. The van der Waals surface area contributed by atoms with Gasteiger partial charge in [-0.15, -0.1) is 0 Å². The number of nitrogens with zero attached hydrogens (tertiary/aromatic N) is 2. The molecule has 1 aromatic rings. The fourth-order valence-electron chi connectivity index (χ4n) is 1.47. The second-order valence-electron chi connectivity index (χ2n) is 3.75. The topological polar surface area (TPSA) is 29.9 Å². The highest BCUT2D eigenvalue weighted by Gasteiger charge is 1.94. The summed E-state index contributed by atoms with van der Waals surface area (Å²) in [6, 6.07) is 0. The first-order chi connectivity index (χ1) is 7.33. The molecule has 0 fully saturated rings. The molecule has 0 saturated carbocycles. The number of hydrogen-bond acceptors (Lipinski definition) is 3. The molecule has 0 amide bonds. The van der Waals surface area contributed by atoms with Crippen LogP contribution in [0.1, 0.15) is 24.8 Å². The summed E-state index contributed by atoms with van der Waals surface area (Å²) in [5, 5.41) is 7.56. The highest BCUT2D eigenvalue weighted by molar-refractivity contribution is 7.98. The number of aryl methyl sites for hydroxylation is 1. The van der Waals surface area contributed by atoms with Crippen LogP contribution >= 0.6 is 11.8 Å². The van der Waals surface area contributed by atoms with Crippen LogP contribution in [0.2, 0.25) is 0 Å². The van der Waals surface area contributed by atoms with Gasteiger partial charge in [0.2, 0.25) is 0 Å². The minimum atomic E-state index is 0.941. The number of aromatic nitrogens is 2. The van der Waals surface area contributed by atoms with E-state index in [1.807, 2.05) is 29.7 Å². The summed E-state index contributed by atoms with van der Waals surface area (Å²) in [5.74, 6) is 1.29. The van der Waals surface area contributed by atoms with Gasteiger partial charge in [-0.3, -0.25) is 4.68 Å². The van der Waals surface area contributed by atoms with Crippen LogP contribution < -0.4 is 5.32 Å². The van der Waals surface area contributed by atoms with Crippen molar-refractivity contribution in [3.05, 3.63) is 18.0 Å². The Morgan fingerprint density at radius 1 is 1.40 bits per heavy atom. The van der Waals surface area contributed by atoms with Crippen LogP contribution in [0.3, 0.4) is 0 Å². The molecule has 0 aromatic carbocycles. The third-order valence-corrected chi connectivity index (χ3v) is 2.99. The van der Waals surface area contributed by atoms with Crippen molar-refractivity contribution in [3.8, 4) is 0 Å². The van der Waals surface area contributed by atoms with Crippen molar-refractivity contribution in [2.24, 2.45) is 7.05 Å². The third kappa shape index (κ3) is 5.85. The minimum Gasteiger partial charge on any atom is -0.313 e. The standard InChI is InChI=1S/C11H21N3S/c1-14-10-11(9-13-14)8-12-6-4-3-5-7-15-2/h9-10,12H,3-8H2,1-2H3. The molecule has 1 rings (SSSR count). The lowest BCUT2D eigenvalue weighted by molar-refractivity contribution is 0.618. The van der Waals surface area contributed by atoms with E-state index >= 15 is 0 Å². The Kier molecular flexibility index (Phi) is 6.52. The zero-order valence-corrected chi connectivity index (χ0v) is 10.5. The molecular weight excluding hydrogens is 206 g/mol. The summed E-state index contributed by atoms with van der Waals surface area (Å²) in [7, 11) is 1.95. The minimum absolute atomic E-state index is 0.941. The van der Waals surface area contributed by atoms with Crippen LogP contribution in [-0.2, 0) is 13.6 Å². The van der Waals surface area contributed by atoms with E-state index in [2.05, 4.69) is 22.9 Å². The first-order valence-electron chi connectivity index (χ1n) is 5.50. The quantitative estimate of drug-likeness (QED) is 0.689. The van der Waals surface area contributed by atoms with Gasteiger partial charge < -0.3 is 5.32 Å². The highest BCUT2D eigenvalue weighted by Crippen LogP contribution is 2.01. The van der Waals surface area contributed by atoms with Gasteiger partial charge in [-0.1, -0.05) is 6.42 Å². The predicted molar refractivity (Wildman–Crippen MR) is 67.1 cm³/mol. The second kappa shape index (κ2) is 7.77. The number of thioether (sulfide) groups is 1. The smallest absolute Gasteiger partial charge is 0.0534 e. The Bertz CT molecular complexity index is 260. The molecule has 1 heterocycles. The summed E-state index contributed by atoms with van der Waals surface area (Å²) in [6.07, 6.45) is 10.1. The monoisotopic (exact) mass is 227 g/mol. The molecule has 86 valence electrons. The Hall–Kier alpha value is -0.480. The average Bonchev–Trinajstić information content (AvgIpc) is 2.63. The lowest BCUT2D eigenvalue weighted by Crippen LogP contribution is -2.14. The molecule has 4 heteroatoms. The van der Waals surface area contributed by atoms with Crippen molar-refractivity contribution >= 4 is 11.8 Å². The van der Waals surface area contributed by atoms with Crippen molar-refractivity contribution in [2.75, 3.05) is 18.6 Å². The largest absolute Gasteiger partial charge is 0.313 e. The summed E-state index contributed by atoms with van der Waals surface area (Å²) >= 11 is 1.93. The van der Waals surface area contributed by atoms with Gasteiger partial charge in [-0.25, -0.2) is 0 Å². The van der Waals surface area contributed by atoms with E-state index in [0.717, 1.165) is 13.1 Å². The second-order valence-corrected chi connectivity index (χ2v) is 4.74. The van der Waals surface area contributed by atoms with E-state index in [1.165, 1.54) is 30.6 Å². The highest BCUT2D eigenvalue weighted by atomic mass is 32.2. The average molecular weight is 227 g/mol. The zero-order valence-electron chi connectivity index (χ0n) is 9.70. The lowest BCUT2D eigenvalue weighted by atomic mass is 10.2. The van der Waals surface area contributed by atoms with Crippen molar-refractivity contribution < 1.29 is 0 Å². The summed E-state index contributed by atoms with van der Waals surface area (Å²) in [6.45, 7) is 2.06. The molecule has 0 aliphatic heterocycles. The maximum atomic E-state index is 4.13. The van der Waals surface area contributed by atoms with Crippen molar-refractivity contribution in [2.45, 2.75) is 25.8 Å². The molecule has 1 aromatic heterocycles. The maximum Gasteiger partial charge on any atom is 0.0534 e. The van der Waals surface area contributed by atoms with Crippen LogP contribution in [0.5, 0.6) is 0 Å². The van der Waals surface area contributed by atoms with Gasteiger partial charge in [0.25, 0.3) is 0 Å². The van der Waals surface area contributed by atoms with Crippen LogP contribution in [0.4, 0.5) is 0 Å². The van der Waals surface area contributed by atoms with Gasteiger partial charge in [-0.2, -0.15) is 16.9 Å². The molecule has 1 N–H and O–H groups in total. The fraction of sp³-hybridized carbons (Fsp3) is 0.727. The maximum absolute atomic E-state index is 4.13. The third-order valence-electron chi connectivity index (χ3n) is 2.29. The molecule has 0 atom stereocenters.